The monoisotopic (exact) mass is 429 g/mol. The number of aliphatic hydroxyl groups is 1. The number of nitrogens with zero attached hydrogens (tertiary/aromatic N) is 2. The van der Waals surface area contributed by atoms with E-state index in [1.165, 1.54) is 16.0 Å². The number of benzene rings is 1. The fraction of sp³-hybridized carbons (Fsp3) is 0.583. The van der Waals surface area contributed by atoms with E-state index in [1.54, 1.807) is 0 Å². The van der Waals surface area contributed by atoms with Crippen molar-refractivity contribution in [2.24, 2.45) is 0 Å². The fourth-order valence-electron chi connectivity index (χ4n) is 4.58. The quantitative estimate of drug-likeness (QED) is 0.642. The van der Waals surface area contributed by atoms with Gasteiger partial charge in [0, 0.05) is 44.1 Å². The lowest BCUT2D eigenvalue weighted by Crippen LogP contribution is -2.48. The molecule has 1 aliphatic heterocycles. The summed E-state index contributed by atoms with van der Waals surface area (Å²) in [6.07, 6.45) is 2.96. The van der Waals surface area contributed by atoms with Crippen molar-refractivity contribution in [1.82, 2.24) is 15.1 Å². The van der Waals surface area contributed by atoms with Crippen molar-refractivity contribution in [3.05, 3.63) is 57.8 Å². The van der Waals surface area contributed by atoms with E-state index >= 15 is 0 Å². The molecule has 1 fully saturated rings. The number of likely N-dealkylation sites (N-methyl/N-ethyl adjacent to an activating group) is 1. The number of hydrogen-bond donors (Lipinski definition) is 2. The van der Waals surface area contributed by atoms with Gasteiger partial charge in [0.05, 0.1) is 24.9 Å². The maximum Gasteiger partial charge on any atom is 0.0897 e. The molecule has 3 unspecified atom stereocenters. The third-order valence-electron chi connectivity index (χ3n) is 6.37. The van der Waals surface area contributed by atoms with Gasteiger partial charge < -0.3 is 20.1 Å². The molecular weight excluding hydrogens is 394 g/mol. The Morgan fingerprint density at radius 2 is 1.97 bits per heavy atom. The van der Waals surface area contributed by atoms with E-state index in [0.29, 0.717) is 19.2 Å². The molecule has 2 heterocycles. The van der Waals surface area contributed by atoms with Crippen LogP contribution in [0, 0.1) is 0 Å². The Labute approximate surface area is 184 Å². The van der Waals surface area contributed by atoms with E-state index in [9.17, 15) is 5.11 Å². The molecule has 2 N–H and O–H groups in total. The van der Waals surface area contributed by atoms with Gasteiger partial charge in [-0.05, 0) is 48.9 Å². The first kappa shape index (κ1) is 21.9. The van der Waals surface area contributed by atoms with Crippen molar-refractivity contribution in [2.75, 3.05) is 52.9 Å². The summed E-state index contributed by atoms with van der Waals surface area (Å²) in [4.78, 5) is 6.36. The van der Waals surface area contributed by atoms with Crippen LogP contribution in [0.25, 0.3) is 0 Å². The van der Waals surface area contributed by atoms with Gasteiger partial charge in [-0.2, -0.15) is 0 Å². The molecule has 30 heavy (non-hydrogen) atoms. The zero-order valence-corrected chi connectivity index (χ0v) is 18.8. The van der Waals surface area contributed by atoms with Crippen molar-refractivity contribution >= 4 is 11.3 Å². The number of nitrogens with one attached hydrogen (secondary N) is 1. The molecular formula is C24H35N3O2S. The summed E-state index contributed by atoms with van der Waals surface area (Å²) < 4.78 is 6.13. The van der Waals surface area contributed by atoms with Crippen LogP contribution in [0.3, 0.4) is 0 Å². The Morgan fingerprint density at radius 3 is 2.77 bits per heavy atom. The van der Waals surface area contributed by atoms with Gasteiger partial charge in [-0.15, -0.1) is 11.3 Å². The molecule has 164 valence electrons. The smallest absolute Gasteiger partial charge is 0.0897 e. The summed E-state index contributed by atoms with van der Waals surface area (Å²) in [5.74, 6) is 0. The van der Waals surface area contributed by atoms with Gasteiger partial charge in [0.25, 0.3) is 0 Å². The normalized spacial score (nSPS) is 22.5. The molecule has 1 aliphatic carbocycles. The molecule has 0 amide bonds. The summed E-state index contributed by atoms with van der Waals surface area (Å²) >= 11 is 1.82. The second-order valence-corrected chi connectivity index (χ2v) is 9.57. The van der Waals surface area contributed by atoms with Gasteiger partial charge in [0.2, 0.25) is 0 Å². The minimum atomic E-state index is -0.490. The van der Waals surface area contributed by atoms with Crippen LogP contribution in [0.4, 0.5) is 0 Å². The van der Waals surface area contributed by atoms with Crippen LogP contribution < -0.4 is 5.32 Å². The van der Waals surface area contributed by atoms with Crippen molar-refractivity contribution in [2.45, 2.75) is 37.5 Å². The van der Waals surface area contributed by atoms with Crippen molar-refractivity contribution in [3.8, 4) is 0 Å². The molecule has 3 atom stereocenters. The van der Waals surface area contributed by atoms with Crippen LogP contribution in [0.2, 0.25) is 0 Å². The Hall–Kier alpha value is -1.28. The highest BCUT2D eigenvalue weighted by Crippen LogP contribution is 2.32. The van der Waals surface area contributed by atoms with Gasteiger partial charge in [0.1, 0.15) is 0 Å². The van der Waals surface area contributed by atoms with Crippen molar-refractivity contribution in [1.29, 1.82) is 0 Å². The van der Waals surface area contributed by atoms with Crippen molar-refractivity contribution < 1.29 is 9.84 Å². The van der Waals surface area contributed by atoms with Crippen LogP contribution >= 0.6 is 11.3 Å². The maximum absolute atomic E-state index is 10.5. The average Bonchev–Trinajstić information content (AvgIpc) is 3.30. The minimum absolute atomic E-state index is 0.119. The Kier molecular flexibility index (Phi) is 7.93. The predicted octanol–water partition coefficient (Wildman–Crippen LogP) is 3.08. The molecule has 2 aliphatic rings. The topological polar surface area (TPSA) is 48.0 Å². The van der Waals surface area contributed by atoms with Gasteiger partial charge >= 0.3 is 0 Å². The number of piperazine rings is 1. The van der Waals surface area contributed by atoms with E-state index in [2.05, 4.69) is 63.9 Å². The second-order valence-electron chi connectivity index (χ2n) is 8.60. The van der Waals surface area contributed by atoms with Crippen LogP contribution in [0.5, 0.6) is 0 Å². The number of aryl methyl sites for hydroxylation is 1. The van der Waals surface area contributed by atoms with Crippen LogP contribution in [-0.4, -0.2) is 73.9 Å². The molecule has 0 bridgehead atoms. The zero-order valence-electron chi connectivity index (χ0n) is 18.0. The Bertz CT molecular complexity index is 762. The number of aliphatic hydroxyl groups excluding tert-OH is 1. The molecule has 0 saturated carbocycles. The number of thiophene rings is 1. The maximum atomic E-state index is 10.5. The molecule has 0 spiro atoms. The zero-order chi connectivity index (χ0) is 20.8. The van der Waals surface area contributed by atoms with Gasteiger partial charge in [-0.25, -0.2) is 0 Å². The lowest BCUT2D eigenvalue weighted by Gasteiger charge is -2.38. The van der Waals surface area contributed by atoms with E-state index in [-0.39, 0.29) is 6.10 Å². The molecule has 5 nitrogen and oxygen atoms in total. The Balaban J connectivity index is 1.24. The van der Waals surface area contributed by atoms with Gasteiger partial charge in [0.15, 0.2) is 0 Å². The lowest BCUT2D eigenvalue weighted by atomic mass is 9.89. The van der Waals surface area contributed by atoms with E-state index in [1.807, 2.05) is 11.3 Å². The second kappa shape index (κ2) is 10.8. The predicted molar refractivity (Wildman–Crippen MR) is 123 cm³/mol. The summed E-state index contributed by atoms with van der Waals surface area (Å²) in [6, 6.07) is 13.3. The fourth-order valence-corrected chi connectivity index (χ4v) is 5.44. The molecule has 1 aromatic carbocycles. The first-order valence-electron chi connectivity index (χ1n) is 11.2. The number of fused-ring (bicyclic) bond motifs is 1. The number of rotatable bonds is 9. The molecule has 4 rings (SSSR count). The summed E-state index contributed by atoms with van der Waals surface area (Å²) in [7, 11) is 2.19. The van der Waals surface area contributed by atoms with Crippen LogP contribution in [0.1, 0.15) is 41.0 Å². The lowest BCUT2D eigenvalue weighted by molar-refractivity contribution is -0.0172. The minimum Gasteiger partial charge on any atom is -0.389 e. The SMILES string of the molecule is CN1CCN(C(CNCC(O)COC2CCCc3ccccc32)c2cccs2)CC1. The van der Waals surface area contributed by atoms with Crippen LogP contribution in [0.15, 0.2) is 41.8 Å². The Morgan fingerprint density at radius 1 is 1.13 bits per heavy atom. The molecule has 6 heteroatoms. The number of ether oxygens (including phenoxy) is 1. The molecule has 1 saturated heterocycles. The molecule has 0 radical (unpaired) electrons. The average molecular weight is 430 g/mol. The van der Waals surface area contributed by atoms with E-state index in [4.69, 9.17) is 4.74 Å². The summed E-state index contributed by atoms with van der Waals surface area (Å²) in [5.41, 5.74) is 2.70. The van der Waals surface area contributed by atoms with Crippen molar-refractivity contribution in [3.63, 3.8) is 0 Å². The van der Waals surface area contributed by atoms with Gasteiger partial charge in [-0.3, -0.25) is 4.90 Å². The molecule has 1 aromatic heterocycles. The third kappa shape index (κ3) is 5.69. The first-order valence-corrected chi connectivity index (χ1v) is 12.1. The number of hydrogen-bond acceptors (Lipinski definition) is 6. The van der Waals surface area contributed by atoms with E-state index in [0.717, 1.165) is 52.0 Å². The van der Waals surface area contributed by atoms with E-state index < -0.39 is 6.10 Å². The van der Waals surface area contributed by atoms with Gasteiger partial charge in [-0.1, -0.05) is 30.3 Å². The third-order valence-corrected chi connectivity index (χ3v) is 7.35. The van der Waals surface area contributed by atoms with Crippen LogP contribution in [-0.2, 0) is 11.2 Å². The highest BCUT2D eigenvalue weighted by atomic mass is 32.1. The highest BCUT2D eigenvalue weighted by molar-refractivity contribution is 7.10. The summed E-state index contributed by atoms with van der Waals surface area (Å²) in [5, 5.41) is 16.2. The standard InChI is InChI=1S/C24H35N3O2S/c1-26-11-13-27(14-12-26)22(24-10-5-15-30-24)17-25-16-20(28)18-29-23-9-4-7-19-6-2-3-8-21(19)23/h2-3,5-6,8,10,15,20,22-23,25,28H,4,7,9,11-14,16-18H2,1H3. The first-order chi connectivity index (χ1) is 14.7. The molecule has 2 aromatic rings. The highest BCUT2D eigenvalue weighted by Gasteiger charge is 2.25. The summed E-state index contributed by atoms with van der Waals surface area (Å²) in [6.45, 7) is 6.20. The largest absolute Gasteiger partial charge is 0.389 e.